The second kappa shape index (κ2) is 5.75. The number of pyridine rings is 1. The number of aromatic nitrogens is 1. The third-order valence-electron chi connectivity index (χ3n) is 3.12. The smallest absolute Gasteiger partial charge is 0.340 e. The molecule has 1 atom stereocenters. The van der Waals surface area contributed by atoms with Crippen LogP contribution < -0.4 is 10.9 Å². The van der Waals surface area contributed by atoms with E-state index in [1.54, 1.807) is 20.8 Å². The largest absolute Gasteiger partial charge is 0.456 e. The van der Waals surface area contributed by atoms with E-state index in [1.807, 2.05) is 0 Å². The van der Waals surface area contributed by atoms with Crippen molar-refractivity contribution >= 4 is 17.8 Å². The van der Waals surface area contributed by atoms with Crippen molar-refractivity contribution in [1.82, 2.24) is 9.88 Å². The third kappa shape index (κ3) is 3.60. The van der Waals surface area contributed by atoms with Crippen LogP contribution in [0.2, 0.25) is 0 Å². The minimum atomic E-state index is -0.799. The SMILES string of the molecule is CC(C)(C)OC(=O)c1ccc(=O)n(C2CCC(=O)NC2=O)c1. The van der Waals surface area contributed by atoms with Crippen LogP contribution in [0.5, 0.6) is 0 Å². The lowest BCUT2D eigenvalue weighted by Gasteiger charge is -2.24. The molecule has 1 aliphatic heterocycles. The maximum absolute atomic E-state index is 12.0. The van der Waals surface area contributed by atoms with Crippen LogP contribution in [0.4, 0.5) is 0 Å². The van der Waals surface area contributed by atoms with Crippen molar-refractivity contribution in [3.63, 3.8) is 0 Å². The molecule has 0 aliphatic carbocycles. The number of carbonyl (C=O) groups is 3. The lowest BCUT2D eigenvalue weighted by Crippen LogP contribution is -2.44. The number of piperidine rings is 1. The van der Waals surface area contributed by atoms with Crippen LogP contribution in [-0.4, -0.2) is 28.0 Å². The Morgan fingerprint density at radius 2 is 1.95 bits per heavy atom. The van der Waals surface area contributed by atoms with Gasteiger partial charge in [-0.2, -0.15) is 0 Å². The maximum Gasteiger partial charge on any atom is 0.340 e. The van der Waals surface area contributed by atoms with Crippen LogP contribution in [0.1, 0.15) is 50.0 Å². The zero-order valence-corrected chi connectivity index (χ0v) is 12.7. The third-order valence-corrected chi connectivity index (χ3v) is 3.12. The van der Waals surface area contributed by atoms with Crippen molar-refractivity contribution in [3.8, 4) is 0 Å². The first kappa shape index (κ1) is 15.9. The zero-order chi connectivity index (χ0) is 16.5. The fraction of sp³-hybridized carbons (Fsp3) is 0.467. The Morgan fingerprint density at radius 1 is 1.27 bits per heavy atom. The van der Waals surface area contributed by atoms with Crippen LogP contribution in [0.15, 0.2) is 23.1 Å². The number of nitrogens with zero attached hydrogens (tertiary/aromatic N) is 1. The average molecular weight is 306 g/mol. The fourth-order valence-corrected chi connectivity index (χ4v) is 2.15. The van der Waals surface area contributed by atoms with E-state index >= 15 is 0 Å². The second-order valence-corrected chi connectivity index (χ2v) is 6.13. The van der Waals surface area contributed by atoms with E-state index in [0.717, 1.165) is 0 Å². The van der Waals surface area contributed by atoms with E-state index in [4.69, 9.17) is 4.74 Å². The van der Waals surface area contributed by atoms with Gasteiger partial charge in [-0.1, -0.05) is 0 Å². The van der Waals surface area contributed by atoms with Gasteiger partial charge in [0, 0.05) is 18.7 Å². The van der Waals surface area contributed by atoms with E-state index in [1.165, 1.54) is 22.9 Å². The molecule has 2 rings (SSSR count). The minimum absolute atomic E-state index is 0.152. The van der Waals surface area contributed by atoms with Crippen molar-refractivity contribution in [3.05, 3.63) is 34.2 Å². The first-order chi connectivity index (χ1) is 10.2. The molecule has 7 nitrogen and oxygen atoms in total. The number of hydrogen-bond acceptors (Lipinski definition) is 5. The molecule has 0 bridgehead atoms. The molecule has 1 aromatic rings. The lowest BCUT2D eigenvalue weighted by molar-refractivity contribution is -0.135. The molecule has 2 heterocycles. The van der Waals surface area contributed by atoms with Crippen molar-refractivity contribution in [2.24, 2.45) is 0 Å². The highest BCUT2D eigenvalue weighted by Crippen LogP contribution is 2.18. The van der Waals surface area contributed by atoms with E-state index in [9.17, 15) is 19.2 Å². The van der Waals surface area contributed by atoms with E-state index in [0.29, 0.717) is 0 Å². The van der Waals surface area contributed by atoms with Gasteiger partial charge in [-0.15, -0.1) is 0 Å². The Bertz CT molecular complexity index is 684. The Hall–Kier alpha value is -2.44. The summed E-state index contributed by atoms with van der Waals surface area (Å²) in [6.07, 6.45) is 1.68. The predicted octanol–water partition coefficient (Wildman–Crippen LogP) is 0.781. The van der Waals surface area contributed by atoms with Crippen LogP contribution in [-0.2, 0) is 14.3 Å². The molecule has 0 spiro atoms. The first-order valence-corrected chi connectivity index (χ1v) is 6.96. The van der Waals surface area contributed by atoms with Crippen molar-refractivity contribution in [2.75, 3.05) is 0 Å². The monoisotopic (exact) mass is 306 g/mol. The van der Waals surface area contributed by atoms with Crippen LogP contribution in [0, 0.1) is 0 Å². The molecule has 118 valence electrons. The predicted molar refractivity (Wildman–Crippen MR) is 77.3 cm³/mol. The van der Waals surface area contributed by atoms with Crippen LogP contribution in [0.3, 0.4) is 0 Å². The number of carbonyl (C=O) groups excluding carboxylic acids is 3. The van der Waals surface area contributed by atoms with Gasteiger partial charge in [0.2, 0.25) is 11.8 Å². The molecule has 1 unspecified atom stereocenters. The second-order valence-electron chi connectivity index (χ2n) is 6.13. The maximum atomic E-state index is 12.0. The molecule has 1 fully saturated rings. The Labute approximate surface area is 127 Å². The quantitative estimate of drug-likeness (QED) is 0.643. The van der Waals surface area contributed by atoms with E-state index in [-0.39, 0.29) is 24.3 Å². The molecular formula is C15H18N2O5. The standard InChI is InChI=1S/C15H18N2O5/c1-15(2,3)22-14(21)9-4-7-12(19)17(8-9)10-5-6-11(18)16-13(10)20/h4,7-8,10H,5-6H2,1-3H3,(H,16,18,20). The van der Waals surface area contributed by atoms with Crippen molar-refractivity contribution in [1.29, 1.82) is 0 Å². The summed E-state index contributed by atoms with van der Waals surface area (Å²) >= 11 is 0. The Balaban J connectivity index is 2.31. The minimum Gasteiger partial charge on any atom is -0.456 e. The summed E-state index contributed by atoms with van der Waals surface area (Å²) in [5, 5.41) is 2.19. The summed E-state index contributed by atoms with van der Waals surface area (Å²) in [6.45, 7) is 5.21. The van der Waals surface area contributed by atoms with Gasteiger partial charge in [-0.3, -0.25) is 19.7 Å². The number of nitrogens with one attached hydrogen (secondary N) is 1. The van der Waals surface area contributed by atoms with Gasteiger partial charge in [-0.25, -0.2) is 4.79 Å². The number of ether oxygens (including phenoxy) is 1. The van der Waals surface area contributed by atoms with Gasteiger partial charge in [0.1, 0.15) is 11.6 Å². The molecule has 1 aliphatic rings. The summed E-state index contributed by atoms with van der Waals surface area (Å²) in [4.78, 5) is 47.0. The number of imide groups is 1. The number of rotatable bonds is 2. The first-order valence-electron chi connectivity index (χ1n) is 6.96. The number of esters is 1. The van der Waals surface area contributed by atoms with Crippen LogP contribution >= 0.6 is 0 Å². The molecule has 1 N–H and O–H groups in total. The van der Waals surface area contributed by atoms with Gasteiger partial charge in [-0.05, 0) is 33.3 Å². The normalized spacial score (nSPS) is 18.8. The molecule has 1 aromatic heterocycles. The van der Waals surface area contributed by atoms with Gasteiger partial charge in [0.05, 0.1) is 5.56 Å². The molecule has 2 amide bonds. The molecule has 1 saturated heterocycles. The summed E-state index contributed by atoms with van der Waals surface area (Å²) in [6, 6.07) is 1.77. The van der Waals surface area contributed by atoms with Gasteiger partial charge < -0.3 is 9.30 Å². The molecule has 0 saturated carbocycles. The molecular weight excluding hydrogens is 288 g/mol. The van der Waals surface area contributed by atoms with Crippen molar-refractivity contribution in [2.45, 2.75) is 45.3 Å². The number of hydrogen-bond donors (Lipinski definition) is 1. The van der Waals surface area contributed by atoms with E-state index < -0.39 is 29.1 Å². The molecule has 7 heteroatoms. The fourth-order valence-electron chi connectivity index (χ4n) is 2.15. The van der Waals surface area contributed by atoms with E-state index in [2.05, 4.69) is 5.32 Å². The molecule has 0 radical (unpaired) electrons. The summed E-state index contributed by atoms with van der Waals surface area (Å²) in [7, 11) is 0. The molecule has 22 heavy (non-hydrogen) atoms. The Morgan fingerprint density at radius 3 is 2.55 bits per heavy atom. The number of amides is 2. The average Bonchev–Trinajstić information content (AvgIpc) is 2.38. The van der Waals surface area contributed by atoms with Crippen LogP contribution in [0.25, 0.3) is 0 Å². The van der Waals surface area contributed by atoms with Gasteiger partial charge >= 0.3 is 5.97 Å². The zero-order valence-electron chi connectivity index (χ0n) is 12.7. The van der Waals surface area contributed by atoms with Crippen molar-refractivity contribution < 1.29 is 19.1 Å². The topological polar surface area (TPSA) is 94.5 Å². The highest BCUT2D eigenvalue weighted by molar-refractivity contribution is 5.99. The summed E-state index contributed by atoms with van der Waals surface area (Å²) < 4.78 is 6.41. The van der Waals surface area contributed by atoms with Gasteiger partial charge in [0.25, 0.3) is 5.56 Å². The Kier molecular flexibility index (Phi) is 4.16. The summed E-state index contributed by atoms with van der Waals surface area (Å²) in [5.74, 6) is -1.48. The highest BCUT2D eigenvalue weighted by atomic mass is 16.6. The summed E-state index contributed by atoms with van der Waals surface area (Å²) in [5.41, 5.74) is -0.895. The highest BCUT2D eigenvalue weighted by Gasteiger charge is 2.29. The lowest BCUT2D eigenvalue weighted by atomic mass is 10.1. The van der Waals surface area contributed by atoms with Gasteiger partial charge in [0.15, 0.2) is 0 Å². The molecule has 0 aromatic carbocycles.